The van der Waals surface area contributed by atoms with E-state index in [1.807, 2.05) is 0 Å². The van der Waals surface area contributed by atoms with Crippen LogP contribution in [0.25, 0.3) is 0 Å². The average molecular weight is 233 g/mol. The van der Waals surface area contributed by atoms with Crippen LogP contribution in [0.15, 0.2) is 29.3 Å². The number of methoxy groups -OCH3 is 1. The van der Waals surface area contributed by atoms with Crippen molar-refractivity contribution in [1.82, 2.24) is 0 Å². The van der Waals surface area contributed by atoms with Gasteiger partial charge >= 0.3 is 98.7 Å². The molecule has 0 bridgehead atoms. The molecule has 1 rings (SSSR count). The number of benzene rings is 1. The maximum absolute atomic E-state index is 11.4. The van der Waals surface area contributed by atoms with E-state index in [-0.39, 0.29) is 5.75 Å². The number of phenolic OH excluding ortho intramolecular Hbond substituents is 1. The fraction of sp³-hybridized carbons (Fsp3) is 0.273. The average Bonchev–Trinajstić information content (AvgIpc) is 2.36. The van der Waals surface area contributed by atoms with Gasteiger partial charge in [-0.3, -0.25) is 0 Å². The van der Waals surface area contributed by atoms with Gasteiger partial charge in [0.1, 0.15) is 0 Å². The molecule has 0 aliphatic heterocycles. The summed E-state index contributed by atoms with van der Waals surface area (Å²) in [5, 5.41) is 9.12. The van der Waals surface area contributed by atoms with Gasteiger partial charge in [0, 0.05) is 0 Å². The minimum absolute atomic E-state index is 0.153. The van der Waals surface area contributed by atoms with E-state index in [0.717, 1.165) is 11.7 Å². The molecule has 0 saturated carbocycles. The molecule has 0 spiro atoms. The van der Waals surface area contributed by atoms with Crippen LogP contribution in [0.4, 0.5) is 0 Å². The van der Waals surface area contributed by atoms with E-state index < -0.39 is 12.0 Å². The molecule has 5 nitrogen and oxygen atoms in total. The van der Waals surface area contributed by atoms with Gasteiger partial charge in [-0.25, -0.2) is 0 Å². The molecule has 0 saturated heterocycles. The van der Waals surface area contributed by atoms with Gasteiger partial charge in [0.15, 0.2) is 0 Å². The van der Waals surface area contributed by atoms with Crippen LogP contribution in [0.2, 0.25) is 0 Å². The Morgan fingerprint density at radius 1 is 1.53 bits per heavy atom. The first kappa shape index (κ1) is 13.1. The normalized spacial score (nSPS) is 12.1. The summed E-state index contributed by atoms with van der Waals surface area (Å²) in [6.45, 7) is 0. The first-order chi connectivity index (χ1) is 8.17. The first-order valence-electron chi connectivity index (χ1n) is 5.00. The number of phenols is 1. The summed E-state index contributed by atoms with van der Waals surface area (Å²) in [6.07, 6.45) is 1.35. The van der Waals surface area contributed by atoms with E-state index in [0.29, 0.717) is 13.6 Å². The zero-order valence-corrected chi connectivity index (χ0v) is 9.37. The number of aliphatic imine (C=N–C) groups is 1. The van der Waals surface area contributed by atoms with Gasteiger partial charge in [0.05, 0.1) is 0 Å². The van der Waals surface area contributed by atoms with E-state index in [1.54, 1.807) is 12.1 Å². The summed E-state index contributed by atoms with van der Waals surface area (Å²) < 4.78 is 14.8. The van der Waals surface area contributed by atoms with Crippen LogP contribution in [0.1, 0.15) is 5.56 Å². The molecule has 0 aliphatic rings. The van der Waals surface area contributed by atoms with Crippen LogP contribution < -0.4 is 0 Å². The SMILES string of the molecule is COC(=O)[C@H](Cc1ccc(O)cc1)/N=C\B=O. The molecule has 1 N–H and O–H groups in total. The summed E-state index contributed by atoms with van der Waals surface area (Å²) in [6, 6.07) is 5.67. The minimum atomic E-state index is -0.741. The summed E-state index contributed by atoms with van der Waals surface area (Å²) in [4.78, 5) is 15.2. The van der Waals surface area contributed by atoms with Crippen molar-refractivity contribution in [1.29, 1.82) is 0 Å². The van der Waals surface area contributed by atoms with Gasteiger partial charge in [-0.1, -0.05) is 0 Å². The Morgan fingerprint density at radius 3 is 2.71 bits per heavy atom. The van der Waals surface area contributed by atoms with Crippen molar-refractivity contribution in [3.05, 3.63) is 29.8 Å². The predicted molar refractivity (Wildman–Crippen MR) is 62.5 cm³/mol. The summed E-state index contributed by atoms with van der Waals surface area (Å²) >= 11 is 0. The molecule has 1 atom stereocenters. The van der Waals surface area contributed by atoms with E-state index in [4.69, 9.17) is 5.11 Å². The number of nitrogens with zero attached hydrogens (tertiary/aromatic N) is 1. The molecule has 1 aromatic rings. The molecule has 1 aromatic carbocycles. The van der Waals surface area contributed by atoms with Crippen LogP contribution in [0.5, 0.6) is 5.75 Å². The van der Waals surface area contributed by atoms with Crippen molar-refractivity contribution in [2.75, 3.05) is 7.11 Å². The van der Waals surface area contributed by atoms with Crippen molar-refractivity contribution in [2.24, 2.45) is 4.99 Å². The Kier molecular flexibility index (Phi) is 5.06. The van der Waals surface area contributed by atoms with Crippen LogP contribution in [0.3, 0.4) is 0 Å². The maximum atomic E-state index is 11.4. The number of ether oxygens (including phenoxy) is 1. The van der Waals surface area contributed by atoms with E-state index in [9.17, 15) is 9.50 Å². The Labute approximate surface area is 99.4 Å². The Balaban J connectivity index is 2.78. The zero-order chi connectivity index (χ0) is 12.7. The monoisotopic (exact) mass is 233 g/mol. The number of hydrogen-bond donors (Lipinski definition) is 1. The van der Waals surface area contributed by atoms with Gasteiger partial charge in [-0.05, 0) is 0 Å². The zero-order valence-electron chi connectivity index (χ0n) is 9.37. The standard InChI is InChI=1S/C11H12BNO4/c1-17-11(15)10(13-7-12-16)6-8-2-4-9(14)5-3-8/h2-5,7,10,14H,6H2,1H3/b13-7-/t10-/m0/s1. The summed E-state index contributed by atoms with van der Waals surface area (Å²) in [5.41, 5.74) is 0.821. The second kappa shape index (κ2) is 6.57. The fourth-order valence-corrected chi connectivity index (χ4v) is 1.33. The third-order valence-corrected chi connectivity index (χ3v) is 2.17. The Hall–Kier alpha value is -1.98. The molecule has 88 valence electrons. The van der Waals surface area contributed by atoms with Crippen LogP contribution in [-0.4, -0.2) is 37.5 Å². The Bertz CT molecular complexity index is 416. The van der Waals surface area contributed by atoms with E-state index >= 15 is 0 Å². The van der Waals surface area contributed by atoms with Gasteiger partial charge in [-0.2, -0.15) is 0 Å². The van der Waals surface area contributed by atoms with Crippen molar-refractivity contribution < 1.29 is 19.3 Å². The van der Waals surface area contributed by atoms with Gasteiger partial charge in [0.2, 0.25) is 0 Å². The molecule has 0 aliphatic carbocycles. The molecular formula is C11H12BNO4. The number of carbonyl (C=O) groups excluding carboxylic acids is 1. The van der Waals surface area contributed by atoms with Crippen LogP contribution >= 0.6 is 0 Å². The van der Waals surface area contributed by atoms with Gasteiger partial charge in [-0.15, -0.1) is 0 Å². The molecule has 6 heteroatoms. The van der Waals surface area contributed by atoms with Crippen molar-refractivity contribution in [3.63, 3.8) is 0 Å². The van der Waals surface area contributed by atoms with Crippen molar-refractivity contribution in [3.8, 4) is 5.75 Å². The second-order valence-electron chi connectivity index (χ2n) is 3.34. The summed E-state index contributed by atoms with van der Waals surface area (Å²) in [7, 11) is 1.77. The molecule has 17 heavy (non-hydrogen) atoms. The molecule has 0 heterocycles. The Morgan fingerprint density at radius 2 is 2.18 bits per heavy atom. The molecule has 0 radical (unpaired) electrons. The topological polar surface area (TPSA) is 76.0 Å². The van der Waals surface area contributed by atoms with Crippen molar-refractivity contribution in [2.45, 2.75) is 12.5 Å². The summed E-state index contributed by atoms with van der Waals surface area (Å²) in [5.74, 6) is -0.351. The fourth-order valence-electron chi connectivity index (χ4n) is 1.33. The second-order valence-corrected chi connectivity index (χ2v) is 3.34. The third-order valence-electron chi connectivity index (χ3n) is 2.17. The number of esters is 1. The molecule has 0 unspecified atom stereocenters. The van der Waals surface area contributed by atoms with Crippen LogP contribution in [0, 0.1) is 0 Å². The van der Waals surface area contributed by atoms with Gasteiger partial charge in [0.25, 0.3) is 0 Å². The number of rotatable bonds is 5. The van der Waals surface area contributed by atoms with Gasteiger partial charge < -0.3 is 0 Å². The number of aromatic hydroxyl groups is 1. The molecule has 0 amide bonds. The number of carbonyl (C=O) groups is 1. The quantitative estimate of drug-likeness (QED) is 0.457. The third kappa shape index (κ3) is 4.18. The number of hydrogen-bond acceptors (Lipinski definition) is 5. The van der Waals surface area contributed by atoms with Crippen molar-refractivity contribution >= 4 is 19.2 Å². The predicted octanol–water partition coefficient (Wildman–Crippen LogP) is 0.554. The van der Waals surface area contributed by atoms with E-state index in [2.05, 4.69) is 9.73 Å². The van der Waals surface area contributed by atoms with E-state index in [1.165, 1.54) is 19.2 Å². The first-order valence-corrected chi connectivity index (χ1v) is 5.00. The van der Waals surface area contributed by atoms with Crippen LogP contribution in [-0.2, 0) is 20.7 Å². The molecule has 0 fully saturated rings. The molecular weight excluding hydrogens is 221 g/mol. The molecule has 0 aromatic heterocycles.